The molecule has 0 aromatic carbocycles. The molecule has 0 radical (unpaired) electrons. The van der Waals surface area contributed by atoms with Crippen molar-refractivity contribution in [3.05, 3.63) is 40.5 Å². The van der Waals surface area contributed by atoms with Gasteiger partial charge in [0.05, 0.1) is 28.7 Å². The fourth-order valence-corrected chi connectivity index (χ4v) is 6.40. The van der Waals surface area contributed by atoms with Gasteiger partial charge in [-0.2, -0.15) is 0 Å². The third-order valence-electron chi connectivity index (χ3n) is 8.86. The Morgan fingerprint density at radius 1 is 1.05 bits per heavy atom. The average molecular weight is 535 g/mol. The van der Waals surface area contributed by atoms with E-state index in [1.54, 1.807) is 20.0 Å². The Balaban J connectivity index is 1.31. The fraction of sp³-hybridized carbons (Fsp3) is 0.633. The topological polar surface area (TPSA) is 112 Å². The highest BCUT2D eigenvalue weighted by Gasteiger charge is 2.39. The van der Waals surface area contributed by atoms with Crippen molar-refractivity contribution in [3.63, 3.8) is 0 Å². The quantitative estimate of drug-likeness (QED) is 0.499. The smallest absolute Gasteiger partial charge is 0.337 e. The van der Waals surface area contributed by atoms with Crippen molar-refractivity contribution in [2.45, 2.75) is 90.5 Å². The van der Waals surface area contributed by atoms with Gasteiger partial charge in [-0.25, -0.2) is 19.7 Å². The van der Waals surface area contributed by atoms with Crippen LogP contribution in [-0.2, 0) is 0 Å². The summed E-state index contributed by atoms with van der Waals surface area (Å²) >= 11 is 0. The lowest BCUT2D eigenvalue weighted by atomic mass is 9.82. The van der Waals surface area contributed by atoms with E-state index in [9.17, 15) is 14.7 Å². The highest BCUT2D eigenvalue weighted by Crippen LogP contribution is 2.39. The largest absolute Gasteiger partial charge is 0.478 e. The molecular weight excluding hydrogens is 492 g/mol. The number of hydrogen-bond donors (Lipinski definition) is 2. The monoisotopic (exact) mass is 534 g/mol. The molecule has 0 atom stereocenters. The number of carbonyl (C=O) groups is 2. The van der Waals surface area contributed by atoms with E-state index < -0.39 is 11.5 Å². The molecule has 2 saturated carbocycles. The molecule has 210 valence electrons. The number of rotatable bonds is 7. The van der Waals surface area contributed by atoms with Crippen molar-refractivity contribution in [3.8, 4) is 0 Å². The fourth-order valence-electron chi connectivity index (χ4n) is 6.40. The van der Waals surface area contributed by atoms with Gasteiger partial charge in [0.2, 0.25) is 0 Å². The second-order valence-electron chi connectivity index (χ2n) is 12.3. The lowest BCUT2D eigenvalue weighted by Gasteiger charge is -2.47. The number of carboxylic acids is 1. The van der Waals surface area contributed by atoms with Crippen LogP contribution in [0.25, 0.3) is 0 Å². The van der Waals surface area contributed by atoms with Gasteiger partial charge in [0.1, 0.15) is 17.3 Å². The molecule has 1 aliphatic heterocycles. The summed E-state index contributed by atoms with van der Waals surface area (Å²) in [5.74, 6) is 1.61. The predicted molar refractivity (Wildman–Crippen MR) is 152 cm³/mol. The minimum absolute atomic E-state index is 0.0897. The van der Waals surface area contributed by atoms with Gasteiger partial charge in [-0.1, -0.05) is 25.7 Å². The minimum atomic E-state index is -0.961. The van der Waals surface area contributed by atoms with Crippen LogP contribution in [0, 0.1) is 19.8 Å². The van der Waals surface area contributed by atoms with Gasteiger partial charge in [-0.05, 0) is 70.9 Å². The Bertz CT molecular complexity index is 1210. The Morgan fingerprint density at radius 3 is 2.41 bits per heavy atom. The van der Waals surface area contributed by atoms with E-state index in [1.807, 2.05) is 11.0 Å². The van der Waals surface area contributed by atoms with E-state index in [4.69, 9.17) is 9.97 Å². The van der Waals surface area contributed by atoms with Crippen LogP contribution in [-0.4, -0.2) is 68.6 Å². The second kappa shape index (κ2) is 11.1. The summed E-state index contributed by atoms with van der Waals surface area (Å²) in [4.78, 5) is 43.7. The average Bonchev–Trinajstić information content (AvgIpc) is 2.86. The lowest BCUT2D eigenvalue weighted by Crippen LogP contribution is -2.61. The Labute approximate surface area is 231 Å². The summed E-state index contributed by atoms with van der Waals surface area (Å²) in [6.45, 7) is 10.3. The lowest BCUT2D eigenvalue weighted by molar-refractivity contribution is 0.0505. The highest BCUT2D eigenvalue weighted by atomic mass is 16.4. The maximum atomic E-state index is 13.8. The third kappa shape index (κ3) is 5.72. The summed E-state index contributed by atoms with van der Waals surface area (Å²) < 4.78 is 0. The van der Waals surface area contributed by atoms with Crippen molar-refractivity contribution in [2.24, 2.45) is 5.92 Å². The van der Waals surface area contributed by atoms with Gasteiger partial charge in [-0.3, -0.25) is 4.79 Å². The third-order valence-corrected chi connectivity index (χ3v) is 8.86. The SMILES string of the molecule is Cc1cc(N2CCN(C(=O)c3cnc(NCC4CCCCC4)c(C4CCC4)n3)C(C)(C)C2)nc(C)c1C(=O)O. The van der Waals surface area contributed by atoms with Gasteiger partial charge < -0.3 is 20.2 Å². The maximum absolute atomic E-state index is 13.8. The van der Waals surface area contributed by atoms with Crippen molar-refractivity contribution >= 4 is 23.5 Å². The van der Waals surface area contributed by atoms with Crippen LogP contribution in [0.4, 0.5) is 11.6 Å². The van der Waals surface area contributed by atoms with Gasteiger partial charge in [0.15, 0.2) is 0 Å². The van der Waals surface area contributed by atoms with Crippen molar-refractivity contribution < 1.29 is 14.7 Å². The van der Waals surface area contributed by atoms with Crippen LogP contribution >= 0.6 is 0 Å². The summed E-state index contributed by atoms with van der Waals surface area (Å²) in [7, 11) is 0. The van der Waals surface area contributed by atoms with Crippen LogP contribution in [0.2, 0.25) is 0 Å². The van der Waals surface area contributed by atoms with Crippen LogP contribution in [0.5, 0.6) is 0 Å². The number of carbonyl (C=O) groups excluding carboxylic acids is 1. The second-order valence-corrected chi connectivity index (χ2v) is 12.3. The molecule has 2 aromatic heterocycles. The molecule has 5 rings (SSSR count). The first-order valence-corrected chi connectivity index (χ1v) is 14.5. The maximum Gasteiger partial charge on any atom is 0.337 e. The molecule has 2 aliphatic carbocycles. The summed E-state index contributed by atoms with van der Waals surface area (Å²) in [5.41, 5.74) is 2.34. The number of amides is 1. The first-order chi connectivity index (χ1) is 18.6. The number of pyridine rings is 1. The molecule has 3 fully saturated rings. The zero-order chi connectivity index (χ0) is 27.7. The van der Waals surface area contributed by atoms with Crippen molar-refractivity contribution in [1.82, 2.24) is 19.9 Å². The molecule has 0 unspecified atom stereocenters. The Morgan fingerprint density at radius 2 is 1.79 bits per heavy atom. The van der Waals surface area contributed by atoms with E-state index >= 15 is 0 Å². The van der Waals surface area contributed by atoms with Crippen LogP contribution in [0.15, 0.2) is 12.3 Å². The van der Waals surface area contributed by atoms with E-state index in [-0.39, 0.29) is 11.5 Å². The molecule has 1 amide bonds. The predicted octanol–water partition coefficient (Wildman–Crippen LogP) is 5.19. The minimum Gasteiger partial charge on any atom is -0.478 e. The first kappa shape index (κ1) is 27.3. The Kier molecular flexibility index (Phi) is 7.78. The number of anilines is 2. The van der Waals surface area contributed by atoms with Gasteiger partial charge in [-0.15, -0.1) is 0 Å². The number of aromatic carboxylic acids is 1. The number of aryl methyl sites for hydroxylation is 2. The van der Waals surface area contributed by atoms with Crippen LogP contribution in [0.3, 0.4) is 0 Å². The standard InChI is InChI=1S/C30H42N6O3/c1-19-15-24(33-20(2)25(19)29(38)39)35-13-14-36(30(3,4)18-35)28(37)23-17-32-27(26(34-23)22-11-8-12-22)31-16-21-9-6-5-7-10-21/h15,17,21-22H,5-14,16,18H2,1-4H3,(H,31,32)(H,38,39). The number of piperazine rings is 1. The Hall–Kier alpha value is -3.23. The van der Waals surface area contributed by atoms with Crippen LogP contribution < -0.4 is 10.2 Å². The summed E-state index contributed by atoms with van der Waals surface area (Å²) in [5, 5.41) is 13.1. The van der Waals surface area contributed by atoms with Gasteiger partial charge in [0, 0.05) is 32.1 Å². The molecule has 9 nitrogen and oxygen atoms in total. The summed E-state index contributed by atoms with van der Waals surface area (Å²) in [6.07, 6.45) is 11.6. The van der Waals surface area contributed by atoms with E-state index in [2.05, 4.69) is 29.0 Å². The molecule has 3 aliphatic rings. The van der Waals surface area contributed by atoms with Crippen molar-refractivity contribution in [1.29, 1.82) is 0 Å². The zero-order valence-electron chi connectivity index (χ0n) is 23.8. The zero-order valence-corrected chi connectivity index (χ0v) is 23.8. The van der Waals surface area contributed by atoms with E-state index in [0.29, 0.717) is 48.4 Å². The van der Waals surface area contributed by atoms with E-state index in [1.165, 1.54) is 38.5 Å². The highest BCUT2D eigenvalue weighted by molar-refractivity contribution is 5.93. The number of carboxylic acid groups (broad SMARTS) is 1. The van der Waals surface area contributed by atoms with Crippen molar-refractivity contribution in [2.75, 3.05) is 36.4 Å². The normalized spacial score (nSPS) is 20.0. The van der Waals surface area contributed by atoms with E-state index in [0.717, 1.165) is 36.7 Å². The molecule has 39 heavy (non-hydrogen) atoms. The molecule has 1 saturated heterocycles. The number of hydrogen-bond acceptors (Lipinski definition) is 7. The molecule has 2 N–H and O–H groups in total. The molecule has 2 aromatic rings. The molecule has 0 bridgehead atoms. The molecular formula is C30H42N6O3. The number of nitrogens with zero attached hydrogens (tertiary/aromatic N) is 5. The van der Waals surface area contributed by atoms with Gasteiger partial charge in [0.25, 0.3) is 5.91 Å². The van der Waals surface area contributed by atoms with Crippen LogP contribution in [0.1, 0.15) is 109 Å². The van der Waals surface area contributed by atoms with Gasteiger partial charge >= 0.3 is 5.97 Å². The number of aromatic nitrogens is 3. The summed E-state index contributed by atoms with van der Waals surface area (Å²) in [6, 6.07) is 1.83. The number of nitrogens with one attached hydrogen (secondary N) is 1. The first-order valence-electron chi connectivity index (χ1n) is 14.5. The molecule has 3 heterocycles. The molecule has 0 spiro atoms. The molecule has 9 heteroatoms.